The number of amides is 1. The second-order valence-corrected chi connectivity index (χ2v) is 7.13. The maximum absolute atomic E-state index is 13.8. The third-order valence-corrected chi connectivity index (χ3v) is 4.96. The van der Waals surface area contributed by atoms with Crippen LogP contribution < -0.4 is 9.62 Å². The van der Waals surface area contributed by atoms with E-state index >= 15 is 0 Å². The van der Waals surface area contributed by atoms with Gasteiger partial charge in [0, 0.05) is 32.7 Å². The van der Waals surface area contributed by atoms with Gasteiger partial charge in [-0.15, -0.1) is 0 Å². The number of carbonyl (C=O) groups is 1. The van der Waals surface area contributed by atoms with E-state index in [1.165, 1.54) is 13.2 Å². The first-order chi connectivity index (χ1) is 10.8. The Bertz CT molecular complexity index is 661. The second kappa shape index (κ2) is 7.33. The van der Waals surface area contributed by atoms with Gasteiger partial charge in [0.25, 0.3) is 0 Å². The van der Waals surface area contributed by atoms with E-state index in [1.807, 2.05) is 0 Å². The van der Waals surface area contributed by atoms with Crippen LogP contribution in [0.4, 0.5) is 14.5 Å². The van der Waals surface area contributed by atoms with E-state index in [2.05, 4.69) is 4.72 Å². The molecule has 2 rings (SSSR count). The van der Waals surface area contributed by atoms with Crippen molar-refractivity contribution in [3.63, 3.8) is 0 Å². The molecule has 9 heteroatoms. The number of hydrogen-bond acceptors (Lipinski definition) is 4. The van der Waals surface area contributed by atoms with Gasteiger partial charge in [-0.1, -0.05) is 6.07 Å². The summed E-state index contributed by atoms with van der Waals surface area (Å²) < 4.78 is 58.5. The lowest BCUT2D eigenvalue weighted by Gasteiger charge is -2.18. The Morgan fingerprint density at radius 1 is 1.35 bits per heavy atom. The van der Waals surface area contributed by atoms with Crippen LogP contribution in [0.25, 0.3) is 0 Å². The van der Waals surface area contributed by atoms with E-state index in [0.717, 1.165) is 17.0 Å². The van der Waals surface area contributed by atoms with Crippen LogP contribution >= 0.6 is 0 Å². The Hall–Kier alpha value is -1.58. The molecule has 0 saturated carbocycles. The van der Waals surface area contributed by atoms with Gasteiger partial charge < -0.3 is 9.64 Å². The summed E-state index contributed by atoms with van der Waals surface area (Å²) in [7, 11) is -2.11. The normalized spacial score (nSPS) is 18.7. The lowest BCUT2D eigenvalue weighted by molar-refractivity contribution is -0.117. The van der Waals surface area contributed by atoms with Crippen molar-refractivity contribution < 1.29 is 26.7 Å². The number of methoxy groups -OCH3 is 1. The van der Waals surface area contributed by atoms with Gasteiger partial charge in [0.05, 0.1) is 5.75 Å². The van der Waals surface area contributed by atoms with Crippen molar-refractivity contribution in [2.24, 2.45) is 0 Å². The van der Waals surface area contributed by atoms with Crippen molar-refractivity contribution in [2.75, 3.05) is 30.9 Å². The van der Waals surface area contributed by atoms with E-state index in [1.54, 1.807) is 0 Å². The van der Waals surface area contributed by atoms with Crippen molar-refractivity contribution in [2.45, 2.75) is 18.9 Å². The number of rotatable bonds is 7. The van der Waals surface area contributed by atoms with Crippen LogP contribution in [0.5, 0.6) is 0 Å². The summed E-state index contributed by atoms with van der Waals surface area (Å²) in [6.07, 6.45) is 0.176. The molecule has 128 valence electrons. The quantitative estimate of drug-likeness (QED) is 0.747. The molecule has 1 N–H and O–H groups in total. The van der Waals surface area contributed by atoms with E-state index in [-0.39, 0.29) is 18.7 Å². The highest BCUT2D eigenvalue weighted by Gasteiger charge is 2.35. The number of ether oxygens (including phenoxy) is 1. The number of sulfonamides is 1. The fourth-order valence-electron chi connectivity index (χ4n) is 2.46. The van der Waals surface area contributed by atoms with Gasteiger partial charge in [-0.25, -0.2) is 21.9 Å². The Morgan fingerprint density at radius 2 is 2.00 bits per heavy atom. The van der Waals surface area contributed by atoms with Crippen molar-refractivity contribution in [1.82, 2.24) is 4.72 Å². The van der Waals surface area contributed by atoms with E-state index in [0.29, 0.717) is 13.0 Å². The molecule has 0 aromatic heterocycles. The van der Waals surface area contributed by atoms with Crippen molar-refractivity contribution in [3.8, 4) is 0 Å². The fourth-order valence-corrected chi connectivity index (χ4v) is 3.74. The van der Waals surface area contributed by atoms with Gasteiger partial charge >= 0.3 is 0 Å². The lowest BCUT2D eigenvalue weighted by atomic mass is 10.2. The third kappa shape index (κ3) is 4.46. The molecule has 0 spiro atoms. The summed E-state index contributed by atoms with van der Waals surface area (Å²) in [5, 5.41) is 0. The summed E-state index contributed by atoms with van der Waals surface area (Å²) in [4.78, 5) is 12.9. The topological polar surface area (TPSA) is 75.7 Å². The molecule has 1 amide bonds. The maximum atomic E-state index is 13.8. The summed E-state index contributed by atoms with van der Waals surface area (Å²) in [6, 6.07) is 2.58. The van der Waals surface area contributed by atoms with Crippen molar-refractivity contribution in [1.29, 1.82) is 0 Å². The molecule has 23 heavy (non-hydrogen) atoms. The minimum Gasteiger partial charge on any atom is -0.385 e. The first kappa shape index (κ1) is 17.8. The third-order valence-electron chi connectivity index (χ3n) is 3.44. The van der Waals surface area contributed by atoms with Gasteiger partial charge in [0.2, 0.25) is 15.9 Å². The first-order valence-electron chi connectivity index (χ1n) is 7.07. The molecule has 6 nitrogen and oxygen atoms in total. The predicted octanol–water partition coefficient (Wildman–Crippen LogP) is 1.03. The molecule has 1 saturated heterocycles. The SMILES string of the molecule is COCCCS(=O)(=O)N[C@H]1CC(=O)N(c2c(F)cccc2F)C1. The summed E-state index contributed by atoms with van der Waals surface area (Å²) in [5.41, 5.74) is -0.446. The molecule has 0 aliphatic carbocycles. The van der Waals surface area contributed by atoms with Gasteiger partial charge in [-0.3, -0.25) is 4.79 Å². The molecule has 0 radical (unpaired) electrons. The molecule has 1 fully saturated rings. The van der Waals surface area contributed by atoms with Crippen molar-refractivity contribution >= 4 is 21.6 Å². The number of nitrogens with one attached hydrogen (secondary N) is 1. The molecule has 1 aromatic rings. The predicted molar refractivity (Wildman–Crippen MR) is 80.5 cm³/mol. The Kier molecular flexibility index (Phi) is 5.66. The van der Waals surface area contributed by atoms with Crippen LogP contribution in [0.2, 0.25) is 0 Å². The average molecular weight is 348 g/mol. The van der Waals surface area contributed by atoms with E-state index in [9.17, 15) is 22.0 Å². The lowest BCUT2D eigenvalue weighted by Crippen LogP contribution is -2.38. The molecule has 1 aliphatic heterocycles. The highest BCUT2D eigenvalue weighted by atomic mass is 32.2. The molecule has 0 unspecified atom stereocenters. The molecular formula is C14H18F2N2O4S. The smallest absolute Gasteiger partial charge is 0.228 e. The highest BCUT2D eigenvalue weighted by Crippen LogP contribution is 2.27. The monoisotopic (exact) mass is 348 g/mol. The fraction of sp³-hybridized carbons (Fsp3) is 0.500. The first-order valence-corrected chi connectivity index (χ1v) is 8.72. The van der Waals surface area contributed by atoms with Crippen LogP contribution in [-0.4, -0.2) is 46.4 Å². The van der Waals surface area contributed by atoms with Gasteiger partial charge in [0.15, 0.2) is 0 Å². The zero-order chi connectivity index (χ0) is 17.0. The molecule has 0 bridgehead atoms. The number of para-hydroxylation sites is 1. The Morgan fingerprint density at radius 3 is 2.61 bits per heavy atom. The van der Waals surface area contributed by atoms with Crippen LogP contribution in [-0.2, 0) is 19.6 Å². The molecule has 1 atom stereocenters. The van der Waals surface area contributed by atoms with Crippen LogP contribution in [0, 0.1) is 11.6 Å². The largest absolute Gasteiger partial charge is 0.385 e. The van der Waals surface area contributed by atoms with E-state index < -0.39 is 39.3 Å². The number of anilines is 1. The second-order valence-electron chi connectivity index (χ2n) is 5.26. The minimum atomic E-state index is -3.58. The zero-order valence-corrected chi connectivity index (χ0v) is 13.4. The number of carbonyl (C=O) groups excluding carboxylic acids is 1. The van der Waals surface area contributed by atoms with Crippen LogP contribution in [0.3, 0.4) is 0 Å². The van der Waals surface area contributed by atoms with E-state index in [4.69, 9.17) is 4.74 Å². The molecular weight excluding hydrogens is 330 g/mol. The Balaban J connectivity index is 2.06. The van der Waals surface area contributed by atoms with Gasteiger partial charge in [0.1, 0.15) is 17.3 Å². The number of hydrogen-bond donors (Lipinski definition) is 1. The average Bonchev–Trinajstić information content (AvgIpc) is 2.78. The Labute approximate surface area is 133 Å². The summed E-state index contributed by atoms with van der Waals surface area (Å²) in [5.74, 6) is -2.39. The highest BCUT2D eigenvalue weighted by molar-refractivity contribution is 7.89. The van der Waals surface area contributed by atoms with Gasteiger partial charge in [-0.2, -0.15) is 0 Å². The van der Waals surface area contributed by atoms with Crippen molar-refractivity contribution in [3.05, 3.63) is 29.8 Å². The number of benzene rings is 1. The summed E-state index contributed by atoms with van der Waals surface area (Å²) in [6.45, 7) is 0.192. The van der Waals surface area contributed by atoms with Crippen LogP contribution in [0.1, 0.15) is 12.8 Å². The zero-order valence-electron chi connectivity index (χ0n) is 12.6. The molecule has 1 aromatic carbocycles. The molecule has 1 heterocycles. The standard InChI is InChI=1S/C14H18F2N2O4S/c1-22-6-3-7-23(20,21)17-10-8-13(19)18(9-10)14-11(15)4-2-5-12(14)16/h2,4-5,10,17H,3,6-9H2,1H3/t10-/m0/s1. The van der Waals surface area contributed by atoms with Crippen LogP contribution in [0.15, 0.2) is 18.2 Å². The summed E-state index contributed by atoms with van der Waals surface area (Å²) >= 11 is 0. The number of nitrogens with zero attached hydrogens (tertiary/aromatic N) is 1. The maximum Gasteiger partial charge on any atom is 0.228 e. The minimum absolute atomic E-state index is 0.111. The van der Waals surface area contributed by atoms with Gasteiger partial charge in [-0.05, 0) is 18.6 Å². The number of halogens is 2. The molecule has 1 aliphatic rings.